The van der Waals surface area contributed by atoms with Crippen LogP contribution in [0.4, 0.5) is 11.4 Å². The Hall–Kier alpha value is -2.38. The standard InChI is InChI=1S/C6H6N2O2.HNO3/c7-5-1-3-6(4-2-5)8(9)10;2-1(3)4/h1-4H,7H2;(H,2,3,4). The van der Waals surface area contributed by atoms with Crippen LogP contribution in [0.3, 0.4) is 0 Å². The third-order valence-corrected chi connectivity index (χ3v) is 1.10. The molecular weight excluding hydrogens is 194 g/mol. The van der Waals surface area contributed by atoms with E-state index in [0.717, 1.165) is 0 Å². The molecule has 0 amide bonds. The van der Waals surface area contributed by atoms with Crippen LogP contribution in [0, 0.1) is 20.2 Å². The Bertz CT molecular complexity index is 319. The minimum absolute atomic E-state index is 0.0641. The van der Waals surface area contributed by atoms with E-state index in [1.165, 1.54) is 24.3 Å². The fraction of sp³-hybridized carbons (Fsp3) is 0. The van der Waals surface area contributed by atoms with Crippen LogP contribution in [0.1, 0.15) is 0 Å². The monoisotopic (exact) mass is 201 g/mol. The zero-order chi connectivity index (χ0) is 11.1. The van der Waals surface area contributed by atoms with E-state index in [4.69, 9.17) is 21.1 Å². The van der Waals surface area contributed by atoms with Crippen LogP contribution in [-0.4, -0.2) is 15.2 Å². The molecule has 1 aromatic rings. The van der Waals surface area contributed by atoms with Crippen LogP contribution in [0.25, 0.3) is 0 Å². The zero-order valence-electron chi connectivity index (χ0n) is 6.86. The Labute approximate surface area is 77.8 Å². The summed E-state index contributed by atoms with van der Waals surface area (Å²) in [5.74, 6) is 0. The van der Waals surface area contributed by atoms with Gasteiger partial charge in [0.2, 0.25) is 0 Å². The maximum Gasteiger partial charge on any atom is 0.291 e. The molecule has 0 heterocycles. The molecule has 0 atom stereocenters. The van der Waals surface area contributed by atoms with E-state index >= 15 is 0 Å². The molecule has 8 heteroatoms. The summed E-state index contributed by atoms with van der Waals surface area (Å²) in [5, 5.41) is 23.7. The van der Waals surface area contributed by atoms with Gasteiger partial charge in [-0.05, 0) is 12.1 Å². The van der Waals surface area contributed by atoms with Crippen LogP contribution in [-0.2, 0) is 0 Å². The molecule has 3 N–H and O–H groups in total. The third kappa shape index (κ3) is 5.29. The molecular formula is C6H7N3O5. The first kappa shape index (κ1) is 11.6. The molecule has 1 aromatic carbocycles. The molecule has 0 spiro atoms. The predicted octanol–water partition coefficient (Wildman–Crippen LogP) is 0.829. The average Bonchev–Trinajstić information content (AvgIpc) is 2.03. The second-order valence-electron chi connectivity index (χ2n) is 2.09. The van der Waals surface area contributed by atoms with E-state index in [-0.39, 0.29) is 5.69 Å². The van der Waals surface area contributed by atoms with Gasteiger partial charge in [-0.1, -0.05) is 0 Å². The molecule has 0 aromatic heterocycles. The second kappa shape index (κ2) is 5.30. The van der Waals surface area contributed by atoms with Gasteiger partial charge in [0.25, 0.3) is 10.8 Å². The van der Waals surface area contributed by atoms with Crippen LogP contribution >= 0.6 is 0 Å². The lowest BCUT2D eigenvalue weighted by Gasteiger charge is -1.90. The van der Waals surface area contributed by atoms with E-state index in [1.807, 2.05) is 0 Å². The summed E-state index contributed by atoms with van der Waals surface area (Å²) < 4.78 is 0. The number of non-ortho nitro benzene ring substituents is 1. The summed E-state index contributed by atoms with van der Waals surface area (Å²) in [6, 6.07) is 5.74. The Morgan fingerprint density at radius 2 is 1.50 bits per heavy atom. The molecule has 0 radical (unpaired) electrons. The van der Waals surface area contributed by atoms with Gasteiger partial charge in [0.1, 0.15) is 0 Å². The van der Waals surface area contributed by atoms with Gasteiger partial charge in [-0.15, -0.1) is 10.1 Å². The van der Waals surface area contributed by atoms with Gasteiger partial charge >= 0.3 is 0 Å². The van der Waals surface area contributed by atoms with Gasteiger partial charge in [0.05, 0.1) is 4.92 Å². The number of hydrogen-bond acceptors (Lipinski definition) is 5. The number of nitrogen functional groups attached to an aromatic ring is 1. The largest absolute Gasteiger partial charge is 0.399 e. The molecule has 0 bridgehead atoms. The van der Waals surface area contributed by atoms with Crippen molar-refractivity contribution >= 4 is 11.4 Å². The van der Waals surface area contributed by atoms with Gasteiger partial charge in [0.15, 0.2) is 0 Å². The highest BCUT2D eigenvalue weighted by Crippen LogP contribution is 2.11. The van der Waals surface area contributed by atoms with Gasteiger partial charge in [-0.25, -0.2) is 0 Å². The molecule has 8 nitrogen and oxygen atoms in total. The zero-order valence-corrected chi connectivity index (χ0v) is 6.86. The van der Waals surface area contributed by atoms with Crippen molar-refractivity contribution in [3.05, 3.63) is 44.5 Å². The maximum absolute atomic E-state index is 10.1. The van der Waals surface area contributed by atoms with Crippen LogP contribution in [0.15, 0.2) is 24.3 Å². The molecule has 0 fully saturated rings. The second-order valence-corrected chi connectivity index (χ2v) is 2.09. The number of rotatable bonds is 1. The molecule has 0 saturated heterocycles. The van der Waals surface area contributed by atoms with Crippen molar-refractivity contribution < 1.29 is 15.2 Å². The Morgan fingerprint density at radius 1 is 1.14 bits per heavy atom. The minimum atomic E-state index is -1.50. The number of nitrogens with two attached hydrogens (primary N) is 1. The van der Waals surface area contributed by atoms with Crippen molar-refractivity contribution in [1.29, 1.82) is 0 Å². The molecule has 0 unspecified atom stereocenters. The van der Waals surface area contributed by atoms with E-state index < -0.39 is 10.0 Å². The van der Waals surface area contributed by atoms with Crippen LogP contribution in [0.5, 0.6) is 0 Å². The predicted molar refractivity (Wildman–Crippen MR) is 46.3 cm³/mol. The highest BCUT2D eigenvalue weighted by atomic mass is 16.9. The van der Waals surface area contributed by atoms with E-state index in [9.17, 15) is 10.1 Å². The molecule has 0 aliphatic rings. The van der Waals surface area contributed by atoms with Crippen molar-refractivity contribution in [2.75, 3.05) is 5.73 Å². The number of nitro benzene ring substituents is 1. The lowest BCUT2D eigenvalue weighted by Crippen LogP contribution is -1.88. The molecule has 76 valence electrons. The number of benzene rings is 1. The summed E-state index contributed by atoms with van der Waals surface area (Å²) in [6.45, 7) is 0. The Balaban J connectivity index is 0.000000364. The molecule has 0 aliphatic heterocycles. The quantitative estimate of drug-likeness (QED) is 0.392. The number of anilines is 1. The van der Waals surface area contributed by atoms with E-state index in [2.05, 4.69) is 0 Å². The summed E-state index contributed by atoms with van der Waals surface area (Å²) >= 11 is 0. The van der Waals surface area contributed by atoms with Gasteiger partial charge in [-0.2, -0.15) is 0 Å². The summed E-state index contributed by atoms with van der Waals surface area (Å²) in [5.41, 5.74) is 5.90. The average molecular weight is 201 g/mol. The first-order chi connectivity index (χ1) is 6.43. The summed E-state index contributed by atoms with van der Waals surface area (Å²) in [7, 11) is 0. The fourth-order valence-corrected chi connectivity index (χ4v) is 0.596. The lowest BCUT2D eigenvalue weighted by molar-refractivity contribution is -0.742. The van der Waals surface area contributed by atoms with Crippen molar-refractivity contribution in [1.82, 2.24) is 0 Å². The van der Waals surface area contributed by atoms with Crippen molar-refractivity contribution in [2.24, 2.45) is 0 Å². The topological polar surface area (TPSA) is 133 Å². The van der Waals surface area contributed by atoms with Gasteiger partial charge < -0.3 is 10.9 Å². The normalized spacial score (nSPS) is 8.29. The van der Waals surface area contributed by atoms with Gasteiger partial charge in [0, 0.05) is 17.8 Å². The first-order valence-electron chi connectivity index (χ1n) is 3.26. The van der Waals surface area contributed by atoms with Crippen LogP contribution in [0.2, 0.25) is 0 Å². The van der Waals surface area contributed by atoms with Crippen molar-refractivity contribution in [3.63, 3.8) is 0 Å². The third-order valence-electron chi connectivity index (χ3n) is 1.10. The van der Waals surface area contributed by atoms with E-state index in [0.29, 0.717) is 5.69 Å². The smallest absolute Gasteiger partial charge is 0.291 e. The van der Waals surface area contributed by atoms with E-state index in [1.54, 1.807) is 0 Å². The van der Waals surface area contributed by atoms with Gasteiger partial charge in [-0.3, -0.25) is 10.1 Å². The first-order valence-corrected chi connectivity index (χ1v) is 3.26. The highest BCUT2D eigenvalue weighted by Gasteiger charge is 2.00. The van der Waals surface area contributed by atoms with Crippen LogP contribution < -0.4 is 5.73 Å². The Kier molecular flexibility index (Phi) is 4.40. The number of hydrogen-bond donors (Lipinski definition) is 2. The number of nitrogens with zero attached hydrogens (tertiary/aromatic N) is 2. The maximum atomic E-state index is 10.1. The molecule has 1 rings (SSSR count). The molecule has 0 saturated carbocycles. The Morgan fingerprint density at radius 3 is 1.79 bits per heavy atom. The summed E-state index contributed by atoms with van der Waals surface area (Å²) in [4.78, 5) is 18.0. The molecule has 14 heavy (non-hydrogen) atoms. The fourth-order valence-electron chi connectivity index (χ4n) is 0.596. The van der Waals surface area contributed by atoms with Crippen molar-refractivity contribution in [3.8, 4) is 0 Å². The highest BCUT2D eigenvalue weighted by molar-refractivity contribution is 5.44. The lowest BCUT2D eigenvalue weighted by atomic mass is 10.3. The SMILES string of the molecule is Nc1ccc([N+](=O)[O-])cc1.O=[N+]([O-])O. The van der Waals surface area contributed by atoms with Crippen molar-refractivity contribution in [2.45, 2.75) is 0 Å². The summed E-state index contributed by atoms with van der Waals surface area (Å²) in [6.07, 6.45) is 0. The molecule has 0 aliphatic carbocycles. The number of nitro groups is 1. The minimum Gasteiger partial charge on any atom is -0.399 e.